The van der Waals surface area contributed by atoms with Crippen molar-refractivity contribution in [2.75, 3.05) is 7.11 Å². The number of hydrogen-bond acceptors (Lipinski definition) is 4. The van der Waals surface area contributed by atoms with Crippen LogP contribution in [-0.2, 0) is 4.74 Å². The van der Waals surface area contributed by atoms with Crippen LogP contribution in [0.3, 0.4) is 0 Å². The van der Waals surface area contributed by atoms with Gasteiger partial charge in [-0.25, -0.2) is 4.79 Å². The second-order valence-electron chi connectivity index (χ2n) is 4.85. The van der Waals surface area contributed by atoms with Crippen molar-refractivity contribution in [3.63, 3.8) is 0 Å². The van der Waals surface area contributed by atoms with Gasteiger partial charge in [0.2, 0.25) is 0 Å². The fraction of sp³-hybridized carbons (Fsp3) is 0.118. The van der Waals surface area contributed by atoms with E-state index >= 15 is 0 Å². The molecule has 0 fully saturated rings. The van der Waals surface area contributed by atoms with Crippen molar-refractivity contribution in [2.24, 2.45) is 0 Å². The third-order valence-electron chi connectivity index (χ3n) is 3.43. The molecule has 0 bridgehead atoms. The topological polar surface area (TPSA) is 46.5 Å². The zero-order chi connectivity index (χ0) is 15.0. The third-order valence-corrected chi connectivity index (χ3v) is 4.51. The number of thiophene rings is 1. The minimum atomic E-state index is -0.307. The first-order valence-electron chi connectivity index (χ1n) is 6.50. The maximum Gasteiger partial charge on any atom is 0.348 e. The van der Waals surface area contributed by atoms with Crippen molar-refractivity contribution in [2.45, 2.75) is 6.92 Å². The molecule has 1 aromatic heterocycles. The number of aromatic hydroxyl groups is 1. The van der Waals surface area contributed by atoms with E-state index in [1.54, 1.807) is 12.1 Å². The van der Waals surface area contributed by atoms with Crippen molar-refractivity contribution in [3.05, 3.63) is 52.9 Å². The number of methoxy groups -OCH3 is 1. The quantitative estimate of drug-likeness (QED) is 0.715. The number of phenolic OH excluding ortho intramolecular Hbond substituents is 1. The lowest BCUT2D eigenvalue weighted by atomic mass is 10.00. The third kappa shape index (κ3) is 2.50. The molecule has 0 aliphatic heterocycles. The molecule has 21 heavy (non-hydrogen) atoms. The van der Waals surface area contributed by atoms with E-state index in [0.717, 1.165) is 26.8 Å². The van der Waals surface area contributed by atoms with Gasteiger partial charge in [0, 0.05) is 4.70 Å². The second kappa shape index (κ2) is 5.22. The van der Waals surface area contributed by atoms with Gasteiger partial charge in [-0.15, -0.1) is 11.3 Å². The highest BCUT2D eigenvalue weighted by Gasteiger charge is 2.11. The van der Waals surface area contributed by atoms with Crippen LogP contribution in [0.1, 0.15) is 15.2 Å². The number of carbonyl (C=O) groups is 1. The Morgan fingerprint density at radius 2 is 1.95 bits per heavy atom. The molecule has 2 aromatic carbocycles. The molecule has 3 aromatic rings. The largest absolute Gasteiger partial charge is 0.508 e. The van der Waals surface area contributed by atoms with Crippen LogP contribution in [0.25, 0.3) is 21.2 Å². The number of ether oxygens (including phenoxy) is 1. The summed E-state index contributed by atoms with van der Waals surface area (Å²) in [6, 6.07) is 13.3. The summed E-state index contributed by atoms with van der Waals surface area (Å²) in [7, 11) is 1.39. The SMILES string of the molecule is COC(=O)c1cc2ccc(-c3ccc(O)cc3C)cc2s1. The van der Waals surface area contributed by atoms with Gasteiger partial charge in [0.15, 0.2) is 0 Å². The molecule has 1 heterocycles. The standard InChI is InChI=1S/C17H14O3S/c1-10-7-13(18)5-6-14(10)11-3-4-12-9-16(17(19)20-2)21-15(12)8-11/h3-9,18H,1-2H3. The highest BCUT2D eigenvalue weighted by Crippen LogP contribution is 2.33. The Hall–Kier alpha value is -2.33. The zero-order valence-corrected chi connectivity index (χ0v) is 12.5. The van der Waals surface area contributed by atoms with Gasteiger partial charge in [-0.05, 0) is 53.3 Å². The normalized spacial score (nSPS) is 10.8. The van der Waals surface area contributed by atoms with Crippen molar-refractivity contribution in [3.8, 4) is 16.9 Å². The van der Waals surface area contributed by atoms with Crippen LogP contribution in [0.5, 0.6) is 5.75 Å². The van der Waals surface area contributed by atoms with Crippen LogP contribution in [0.15, 0.2) is 42.5 Å². The van der Waals surface area contributed by atoms with E-state index < -0.39 is 0 Å². The van der Waals surface area contributed by atoms with E-state index in [-0.39, 0.29) is 11.7 Å². The lowest BCUT2D eigenvalue weighted by Gasteiger charge is -2.06. The Morgan fingerprint density at radius 3 is 2.67 bits per heavy atom. The van der Waals surface area contributed by atoms with Crippen molar-refractivity contribution in [1.82, 2.24) is 0 Å². The molecule has 0 saturated heterocycles. The van der Waals surface area contributed by atoms with Crippen LogP contribution in [0, 0.1) is 6.92 Å². The number of rotatable bonds is 2. The highest BCUT2D eigenvalue weighted by atomic mass is 32.1. The maximum atomic E-state index is 11.6. The van der Waals surface area contributed by atoms with Crippen LogP contribution < -0.4 is 0 Å². The summed E-state index contributed by atoms with van der Waals surface area (Å²) in [4.78, 5) is 12.2. The first-order chi connectivity index (χ1) is 10.1. The average molecular weight is 298 g/mol. The fourth-order valence-electron chi connectivity index (χ4n) is 2.37. The summed E-state index contributed by atoms with van der Waals surface area (Å²) < 4.78 is 5.80. The van der Waals surface area contributed by atoms with E-state index in [1.807, 2.05) is 31.2 Å². The number of carbonyl (C=O) groups excluding carboxylic acids is 1. The van der Waals surface area contributed by atoms with Gasteiger partial charge in [-0.1, -0.05) is 18.2 Å². The molecule has 4 heteroatoms. The number of phenols is 1. The minimum absolute atomic E-state index is 0.265. The Kier molecular flexibility index (Phi) is 3.39. The molecule has 0 atom stereocenters. The molecule has 1 N–H and O–H groups in total. The van der Waals surface area contributed by atoms with Crippen LogP contribution in [0.4, 0.5) is 0 Å². The lowest BCUT2D eigenvalue weighted by Crippen LogP contribution is -1.96. The Labute approximate surface area is 126 Å². The summed E-state index contributed by atoms with van der Waals surface area (Å²) in [5, 5.41) is 10.5. The highest BCUT2D eigenvalue weighted by molar-refractivity contribution is 7.20. The summed E-state index contributed by atoms with van der Waals surface area (Å²) in [6.45, 7) is 1.97. The van der Waals surface area contributed by atoms with E-state index in [9.17, 15) is 9.90 Å². The second-order valence-corrected chi connectivity index (χ2v) is 5.94. The summed E-state index contributed by atoms with van der Waals surface area (Å²) >= 11 is 1.42. The number of benzene rings is 2. The number of fused-ring (bicyclic) bond motifs is 1. The molecule has 0 aliphatic rings. The number of esters is 1. The Balaban J connectivity index is 2.10. The molecule has 0 radical (unpaired) electrons. The molecule has 0 unspecified atom stereocenters. The average Bonchev–Trinajstić information content (AvgIpc) is 2.89. The van der Waals surface area contributed by atoms with Gasteiger partial charge >= 0.3 is 5.97 Å². The van der Waals surface area contributed by atoms with Crippen molar-refractivity contribution >= 4 is 27.4 Å². The van der Waals surface area contributed by atoms with Gasteiger partial charge in [0.25, 0.3) is 0 Å². The number of aryl methyl sites for hydroxylation is 1. The van der Waals surface area contributed by atoms with E-state index in [0.29, 0.717) is 4.88 Å². The maximum absolute atomic E-state index is 11.6. The number of hydrogen-bond donors (Lipinski definition) is 1. The Morgan fingerprint density at radius 1 is 1.14 bits per heavy atom. The molecule has 3 nitrogen and oxygen atoms in total. The summed E-state index contributed by atoms with van der Waals surface area (Å²) in [5.41, 5.74) is 3.15. The summed E-state index contributed by atoms with van der Waals surface area (Å²) in [5.74, 6) is -0.0417. The predicted octanol–water partition coefficient (Wildman–Crippen LogP) is 4.37. The molecule has 0 saturated carbocycles. The molecule has 0 aliphatic carbocycles. The molecular weight excluding hydrogens is 284 g/mol. The van der Waals surface area contributed by atoms with Gasteiger partial charge in [-0.3, -0.25) is 0 Å². The van der Waals surface area contributed by atoms with E-state index in [2.05, 4.69) is 6.07 Å². The molecule has 106 valence electrons. The predicted molar refractivity (Wildman–Crippen MR) is 85.0 cm³/mol. The summed E-state index contributed by atoms with van der Waals surface area (Å²) in [6.07, 6.45) is 0. The monoisotopic (exact) mass is 298 g/mol. The van der Waals surface area contributed by atoms with Crippen molar-refractivity contribution < 1.29 is 14.6 Å². The van der Waals surface area contributed by atoms with Gasteiger partial charge < -0.3 is 9.84 Å². The van der Waals surface area contributed by atoms with E-state index in [4.69, 9.17) is 4.74 Å². The van der Waals surface area contributed by atoms with Crippen LogP contribution >= 0.6 is 11.3 Å². The fourth-order valence-corrected chi connectivity index (χ4v) is 3.39. The molecule has 3 rings (SSSR count). The molecule has 0 amide bonds. The first-order valence-corrected chi connectivity index (χ1v) is 7.32. The van der Waals surface area contributed by atoms with E-state index in [1.165, 1.54) is 18.4 Å². The lowest BCUT2D eigenvalue weighted by molar-refractivity contribution is 0.0606. The van der Waals surface area contributed by atoms with Crippen molar-refractivity contribution in [1.29, 1.82) is 0 Å². The first kappa shape index (κ1) is 13.6. The zero-order valence-electron chi connectivity index (χ0n) is 11.7. The smallest absolute Gasteiger partial charge is 0.348 e. The van der Waals surface area contributed by atoms with Gasteiger partial charge in [0.1, 0.15) is 10.6 Å². The minimum Gasteiger partial charge on any atom is -0.508 e. The molecule has 0 spiro atoms. The molecular formula is C17H14O3S. The van der Waals surface area contributed by atoms with Gasteiger partial charge in [-0.2, -0.15) is 0 Å². The Bertz CT molecular complexity index is 833. The van der Waals surface area contributed by atoms with Gasteiger partial charge in [0.05, 0.1) is 7.11 Å². The van der Waals surface area contributed by atoms with Crippen LogP contribution in [-0.4, -0.2) is 18.2 Å². The van der Waals surface area contributed by atoms with Crippen LogP contribution in [0.2, 0.25) is 0 Å².